The van der Waals surface area contributed by atoms with Crippen molar-refractivity contribution in [1.29, 1.82) is 5.41 Å². The van der Waals surface area contributed by atoms with Crippen LogP contribution in [0.4, 0.5) is 23.7 Å². The number of thioether (sulfide) groups is 1. The number of morpholine rings is 1. The van der Waals surface area contributed by atoms with Crippen molar-refractivity contribution in [3.63, 3.8) is 0 Å². The third kappa shape index (κ3) is 6.95. The van der Waals surface area contributed by atoms with Gasteiger partial charge in [0.1, 0.15) is 5.75 Å². The predicted octanol–water partition coefficient (Wildman–Crippen LogP) is 4.67. The van der Waals surface area contributed by atoms with E-state index in [-0.39, 0.29) is 46.0 Å². The first-order valence-corrected chi connectivity index (χ1v) is 13.2. The number of alkyl halides is 3. The molecule has 9 nitrogen and oxygen atoms in total. The minimum atomic E-state index is -4.58. The van der Waals surface area contributed by atoms with Gasteiger partial charge in [0, 0.05) is 38.4 Å². The van der Waals surface area contributed by atoms with Gasteiger partial charge in [-0.1, -0.05) is 12.1 Å². The van der Waals surface area contributed by atoms with E-state index in [0.717, 1.165) is 30.9 Å². The maximum atomic E-state index is 13.6. The Morgan fingerprint density at radius 2 is 1.88 bits per heavy atom. The molecule has 0 bridgehead atoms. The number of hydrogen-bond donors (Lipinski definition) is 2. The standard InChI is InChI=1S/C27H29F3N4O5S/c1-37-19-5-4-18(21(15-19)27(28,29)30)16-32-22-6-3-17(13-20(22)24(31)38-2)14-23-25(35)34(26(36)40-23)8-7-33-9-11-39-12-10-33/h3-6,13-15,31-32H,7-12,16H2,1-2H3. The lowest BCUT2D eigenvalue weighted by Crippen LogP contribution is -2.42. The number of anilines is 1. The van der Waals surface area contributed by atoms with Crippen molar-refractivity contribution >= 4 is 40.6 Å². The molecule has 2 heterocycles. The van der Waals surface area contributed by atoms with E-state index in [1.165, 1.54) is 31.3 Å². The van der Waals surface area contributed by atoms with E-state index in [1.54, 1.807) is 24.3 Å². The van der Waals surface area contributed by atoms with Gasteiger partial charge >= 0.3 is 6.18 Å². The number of nitrogens with zero attached hydrogens (tertiary/aromatic N) is 2. The smallest absolute Gasteiger partial charge is 0.416 e. The minimum Gasteiger partial charge on any atom is -0.497 e. The van der Waals surface area contributed by atoms with Crippen LogP contribution in [0, 0.1) is 5.41 Å². The van der Waals surface area contributed by atoms with Gasteiger partial charge in [0.15, 0.2) is 0 Å². The lowest BCUT2D eigenvalue weighted by atomic mass is 10.0. The van der Waals surface area contributed by atoms with Crippen LogP contribution in [0.2, 0.25) is 0 Å². The van der Waals surface area contributed by atoms with Gasteiger partial charge in [0.25, 0.3) is 11.1 Å². The van der Waals surface area contributed by atoms with Gasteiger partial charge in [-0.2, -0.15) is 13.2 Å². The number of carbonyl (C=O) groups is 2. The number of imide groups is 1. The monoisotopic (exact) mass is 578 g/mol. The number of carbonyl (C=O) groups excluding carboxylic acids is 2. The zero-order chi connectivity index (χ0) is 28.9. The zero-order valence-corrected chi connectivity index (χ0v) is 22.8. The van der Waals surface area contributed by atoms with Crippen molar-refractivity contribution in [2.24, 2.45) is 0 Å². The highest BCUT2D eigenvalue weighted by Crippen LogP contribution is 2.36. The first kappa shape index (κ1) is 29.4. The summed E-state index contributed by atoms with van der Waals surface area (Å²) in [5.74, 6) is -0.525. The summed E-state index contributed by atoms with van der Waals surface area (Å²) in [6, 6.07) is 8.53. The normalized spacial score (nSPS) is 17.4. The van der Waals surface area contributed by atoms with Crippen LogP contribution < -0.4 is 10.1 Å². The number of ether oxygens (including phenoxy) is 3. The van der Waals surface area contributed by atoms with Crippen LogP contribution >= 0.6 is 11.8 Å². The average Bonchev–Trinajstić information content (AvgIpc) is 3.21. The van der Waals surface area contributed by atoms with Crippen LogP contribution in [0.5, 0.6) is 5.75 Å². The Hall–Kier alpha value is -3.55. The summed E-state index contributed by atoms with van der Waals surface area (Å²) in [7, 11) is 2.60. The Kier molecular flexibility index (Phi) is 9.38. The Balaban J connectivity index is 1.51. The van der Waals surface area contributed by atoms with Crippen molar-refractivity contribution in [2.45, 2.75) is 12.7 Å². The summed E-state index contributed by atoms with van der Waals surface area (Å²) in [6.07, 6.45) is -3.02. The summed E-state index contributed by atoms with van der Waals surface area (Å²) in [5.41, 5.74) is 0.347. The largest absolute Gasteiger partial charge is 0.497 e. The first-order chi connectivity index (χ1) is 19.1. The highest BCUT2D eigenvalue weighted by Gasteiger charge is 2.35. The molecule has 2 aromatic rings. The van der Waals surface area contributed by atoms with Gasteiger partial charge in [-0.15, -0.1) is 0 Å². The number of amides is 2. The summed E-state index contributed by atoms with van der Waals surface area (Å²) in [6.45, 7) is 3.39. The molecule has 40 heavy (non-hydrogen) atoms. The highest BCUT2D eigenvalue weighted by molar-refractivity contribution is 8.18. The van der Waals surface area contributed by atoms with Crippen molar-refractivity contribution in [2.75, 3.05) is 58.9 Å². The van der Waals surface area contributed by atoms with E-state index in [2.05, 4.69) is 10.2 Å². The molecule has 13 heteroatoms. The van der Waals surface area contributed by atoms with Gasteiger partial charge in [-0.3, -0.25) is 24.8 Å². The fourth-order valence-electron chi connectivity index (χ4n) is 4.30. The van der Waals surface area contributed by atoms with Gasteiger partial charge in [0.2, 0.25) is 5.90 Å². The lowest BCUT2D eigenvalue weighted by molar-refractivity contribution is -0.138. The maximum Gasteiger partial charge on any atom is 0.416 e. The molecule has 0 radical (unpaired) electrons. The lowest BCUT2D eigenvalue weighted by Gasteiger charge is -2.27. The molecule has 0 aliphatic carbocycles. The van der Waals surface area contributed by atoms with Crippen molar-refractivity contribution in [3.8, 4) is 5.75 Å². The Labute approximate surface area is 233 Å². The second-order valence-electron chi connectivity index (χ2n) is 9.00. The molecule has 2 saturated heterocycles. The highest BCUT2D eigenvalue weighted by atomic mass is 32.2. The van der Waals surface area contributed by atoms with Crippen LogP contribution in [0.1, 0.15) is 22.3 Å². The Bertz CT molecular complexity index is 1310. The Morgan fingerprint density at radius 1 is 1.12 bits per heavy atom. The molecule has 2 amide bonds. The van der Waals surface area contributed by atoms with Crippen LogP contribution in [0.3, 0.4) is 0 Å². The summed E-state index contributed by atoms with van der Waals surface area (Å²) in [4.78, 5) is 29.1. The Morgan fingerprint density at radius 3 is 2.55 bits per heavy atom. The summed E-state index contributed by atoms with van der Waals surface area (Å²) in [5, 5.41) is 10.8. The molecule has 0 saturated carbocycles. The van der Waals surface area contributed by atoms with Crippen molar-refractivity contribution in [1.82, 2.24) is 9.80 Å². The van der Waals surface area contributed by atoms with E-state index in [0.29, 0.717) is 31.0 Å². The molecule has 4 rings (SSSR count). The number of methoxy groups -OCH3 is 2. The topological polar surface area (TPSA) is 104 Å². The predicted molar refractivity (Wildman–Crippen MR) is 146 cm³/mol. The molecule has 2 aliphatic rings. The van der Waals surface area contributed by atoms with Crippen LogP contribution in [-0.2, 0) is 27.0 Å². The van der Waals surface area contributed by atoms with Crippen molar-refractivity contribution in [3.05, 3.63) is 63.6 Å². The van der Waals surface area contributed by atoms with E-state index in [1.807, 2.05) is 0 Å². The fourth-order valence-corrected chi connectivity index (χ4v) is 5.17. The quantitative estimate of drug-likeness (QED) is 0.252. The van der Waals surface area contributed by atoms with Gasteiger partial charge in [0.05, 0.1) is 43.5 Å². The van der Waals surface area contributed by atoms with Crippen LogP contribution in [0.15, 0.2) is 41.3 Å². The molecule has 0 spiro atoms. The molecule has 2 fully saturated rings. The van der Waals surface area contributed by atoms with Gasteiger partial charge in [-0.25, -0.2) is 0 Å². The minimum absolute atomic E-state index is 0.00183. The summed E-state index contributed by atoms with van der Waals surface area (Å²) < 4.78 is 56.2. The van der Waals surface area contributed by atoms with E-state index >= 15 is 0 Å². The number of halogens is 3. The van der Waals surface area contributed by atoms with E-state index in [9.17, 15) is 22.8 Å². The number of hydrogen-bond acceptors (Lipinski definition) is 9. The van der Waals surface area contributed by atoms with Crippen LogP contribution in [0.25, 0.3) is 6.08 Å². The summed E-state index contributed by atoms with van der Waals surface area (Å²) >= 11 is 0.840. The third-order valence-corrected chi connectivity index (χ3v) is 7.41. The maximum absolute atomic E-state index is 13.6. The number of rotatable bonds is 9. The SMILES string of the molecule is COC(=N)c1cc(C=C2SC(=O)N(CCN3CCOCC3)C2=O)ccc1NCc1ccc(OC)cc1C(F)(F)F. The number of benzene rings is 2. The van der Waals surface area contributed by atoms with Crippen molar-refractivity contribution < 1.29 is 37.0 Å². The van der Waals surface area contributed by atoms with Gasteiger partial charge < -0.3 is 19.5 Å². The molecule has 2 N–H and O–H groups in total. The number of nitrogens with one attached hydrogen (secondary N) is 2. The van der Waals surface area contributed by atoms with Gasteiger partial charge in [-0.05, 0) is 53.2 Å². The molecule has 2 aromatic carbocycles. The van der Waals surface area contributed by atoms with E-state index < -0.39 is 17.6 Å². The molecule has 214 valence electrons. The van der Waals surface area contributed by atoms with Crippen LogP contribution in [-0.4, -0.2) is 80.5 Å². The molecular formula is C27H29F3N4O5S. The average molecular weight is 579 g/mol. The fraction of sp³-hybridized carbons (Fsp3) is 0.370. The second-order valence-corrected chi connectivity index (χ2v) is 9.99. The molecule has 0 unspecified atom stereocenters. The third-order valence-electron chi connectivity index (χ3n) is 6.50. The molecule has 2 aliphatic heterocycles. The first-order valence-electron chi connectivity index (χ1n) is 12.4. The van der Waals surface area contributed by atoms with E-state index in [4.69, 9.17) is 19.6 Å². The molecule has 0 atom stereocenters. The second kappa shape index (κ2) is 12.7. The molecular weight excluding hydrogens is 549 g/mol. The molecule has 0 aromatic heterocycles. The zero-order valence-electron chi connectivity index (χ0n) is 22.0.